The first-order valence-electron chi connectivity index (χ1n) is 11.8. The van der Waals surface area contributed by atoms with Gasteiger partial charge in [0.1, 0.15) is 11.8 Å². The van der Waals surface area contributed by atoms with Gasteiger partial charge < -0.3 is 24.2 Å². The minimum absolute atomic E-state index is 0.0690. The van der Waals surface area contributed by atoms with Crippen LogP contribution in [0.25, 0.3) is 0 Å². The van der Waals surface area contributed by atoms with Crippen molar-refractivity contribution in [3.05, 3.63) is 60.2 Å². The van der Waals surface area contributed by atoms with Crippen LogP contribution in [0.1, 0.15) is 25.3 Å². The maximum atomic E-state index is 13.4. The number of hydrogen-bond donors (Lipinski definition) is 1. The number of hydrogen-bond acceptors (Lipinski definition) is 7. The van der Waals surface area contributed by atoms with E-state index in [1.807, 2.05) is 6.92 Å². The monoisotopic (exact) mass is 510 g/mol. The molecule has 0 aromatic heterocycles. The van der Waals surface area contributed by atoms with Crippen LogP contribution in [0.15, 0.2) is 54.6 Å². The number of nitrogens with zero attached hydrogens (tertiary/aromatic N) is 2. The lowest BCUT2D eigenvalue weighted by Crippen LogP contribution is -2.46. The third-order valence-corrected chi connectivity index (χ3v) is 5.81. The van der Waals surface area contributed by atoms with Gasteiger partial charge in [-0.25, -0.2) is 9.69 Å². The Morgan fingerprint density at radius 3 is 2.38 bits per heavy atom. The van der Waals surface area contributed by atoms with Crippen molar-refractivity contribution in [1.29, 1.82) is 0 Å². The normalized spacial score (nSPS) is 15.2. The molecule has 0 saturated carbocycles. The average molecular weight is 511 g/mol. The van der Waals surface area contributed by atoms with E-state index in [2.05, 4.69) is 0 Å². The summed E-state index contributed by atoms with van der Waals surface area (Å²) in [6.45, 7) is 2.60. The number of anilines is 1. The van der Waals surface area contributed by atoms with E-state index in [4.69, 9.17) is 19.3 Å². The molecule has 3 rings (SSSR count). The molecule has 0 radical (unpaired) electrons. The second kappa shape index (κ2) is 12.6. The van der Waals surface area contributed by atoms with Crippen molar-refractivity contribution in [2.45, 2.75) is 32.2 Å². The zero-order chi connectivity index (χ0) is 26.9. The summed E-state index contributed by atoms with van der Waals surface area (Å²) in [7, 11) is 3.03. The summed E-state index contributed by atoms with van der Waals surface area (Å²) >= 11 is 0. The van der Waals surface area contributed by atoms with Crippen molar-refractivity contribution >= 4 is 29.4 Å². The molecule has 1 atom stereocenters. The van der Waals surface area contributed by atoms with Crippen molar-refractivity contribution in [3.63, 3.8) is 0 Å². The van der Waals surface area contributed by atoms with Crippen LogP contribution in [0, 0.1) is 0 Å². The molecule has 0 spiro atoms. The number of methoxy groups -OCH3 is 2. The van der Waals surface area contributed by atoms with Gasteiger partial charge >= 0.3 is 5.97 Å². The highest BCUT2D eigenvalue weighted by molar-refractivity contribution is 6.23. The van der Waals surface area contributed by atoms with Crippen LogP contribution in [-0.2, 0) is 25.6 Å². The Kier molecular flexibility index (Phi) is 9.26. The van der Waals surface area contributed by atoms with Crippen molar-refractivity contribution in [2.75, 3.05) is 32.3 Å². The Bertz CT molecular complexity index is 1180. The Morgan fingerprint density at radius 2 is 1.76 bits per heavy atom. The molecule has 1 fully saturated rings. The molecule has 0 bridgehead atoms. The molecule has 196 valence electrons. The van der Waals surface area contributed by atoms with Gasteiger partial charge in [-0.3, -0.25) is 14.4 Å². The molecule has 1 aliphatic rings. The van der Waals surface area contributed by atoms with Crippen LogP contribution in [-0.4, -0.2) is 67.1 Å². The number of carboxylic acids is 1. The maximum Gasteiger partial charge on any atom is 0.328 e. The molecule has 2 aromatic carbocycles. The van der Waals surface area contributed by atoms with Gasteiger partial charge in [-0.05, 0) is 54.8 Å². The van der Waals surface area contributed by atoms with Crippen LogP contribution >= 0.6 is 0 Å². The molecule has 1 unspecified atom stereocenters. The first-order chi connectivity index (χ1) is 17.8. The standard InChI is InChI=1S/C27H30N2O8/c1-4-15-37-20-8-6-19(7-9-20)29-25(31)17-21(27(29)34)28(24(30)11-12-26(32)33)14-13-18-5-10-22(35-2)23(16-18)36-3/h5-12,16,21H,4,13-15,17H2,1-3H3,(H,32,33). The Morgan fingerprint density at radius 1 is 1.05 bits per heavy atom. The number of amides is 3. The Balaban J connectivity index is 1.83. The first-order valence-corrected chi connectivity index (χ1v) is 11.8. The second-order valence-corrected chi connectivity index (χ2v) is 8.27. The molecule has 1 saturated heterocycles. The highest BCUT2D eigenvalue weighted by Crippen LogP contribution is 2.30. The smallest absolute Gasteiger partial charge is 0.328 e. The maximum absolute atomic E-state index is 13.4. The Hall–Kier alpha value is -4.34. The van der Waals surface area contributed by atoms with Gasteiger partial charge in [-0.1, -0.05) is 13.0 Å². The fourth-order valence-corrected chi connectivity index (χ4v) is 3.99. The average Bonchev–Trinajstić information content (AvgIpc) is 3.19. The molecular formula is C27H30N2O8. The number of ether oxygens (including phenoxy) is 3. The summed E-state index contributed by atoms with van der Waals surface area (Å²) in [5.41, 5.74) is 1.17. The summed E-state index contributed by atoms with van der Waals surface area (Å²) in [4.78, 5) is 52.4. The van der Waals surface area contributed by atoms with Crippen LogP contribution in [0.5, 0.6) is 17.2 Å². The molecule has 37 heavy (non-hydrogen) atoms. The predicted octanol–water partition coefficient (Wildman–Crippen LogP) is 2.84. The van der Waals surface area contributed by atoms with E-state index in [1.165, 1.54) is 19.1 Å². The summed E-state index contributed by atoms with van der Waals surface area (Å²) < 4.78 is 16.1. The fourth-order valence-electron chi connectivity index (χ4n) is 3.99. The van der Waals surface area contributed by atoms with Gasteiger partial charge in [0.05, 0.1) is 32.9 Å². The molecule has 1 N–H and O–H groups in total. The van der Waals surface area contributed by atoms with Gasteiger partial charge in [-0.2, -0.15) is 0 Å². The van der Waals surface area contributed by atoms with Crippen molar-refractivity contribution in [2.24, 2.45) is 0 Å². The van der Waals surface area contributed by atoms with E-state index in [0.29, 0.717) is 42.0 Å². The SMILES string of the molecule is CCCOc1ccc(N2C(=O)CC(N(CCc3ccc(OC)c(OC)c3)C(=O)C=CC(=O)O)C2=O)cc1. The zero-order valence-corrected chi connectivity index (χ0v) is 21.0. The second-order valence-electron chi connectivity index (χ2n) is 8.27. The molecular weight excluding hydrogens is 480 g/mol. The molecule has 10 nitrogen and oxygen atoms in total. The largest absolute Gasteiger partial charge is 0.494 e. The summed E-state index contributed by atoms with van der Waals surface area (Å²) in [5.74, 6) is -1.32. The van der Waals surface area contributed by atoms with E-state index in [-0.39, 0.29) is 13.0 Å². The summed E-state index contributed by atoms with van der Waals surface area (Å²) in [6.07, 6.45) is 2.55. The lowest BCUT2D eigenvalue weighted by molar-refractivity contribution is -0.135. The van der Waals surface area contributed by atoms with E-state index in [0.717, 1.165) is 23.0 Å². The molecule has 10 heteroatoms. The third kappa shape index (κ3) is 6.66. The highest BCUT2D eigenvalue weighted by atomic mass is 16.5. The van der Waals surface area contributed by atoms with Gasteiger partial charge in [0.2, 0.25) is 11.8 Å². The van der Waals surface area contributed by atoms with Gasteiger partial charge in [-0.15, -0.1) is 0 Å². The number of carbonyl (C=O) groups excluding carboxylic acids is 3. The van der Waals surface area contributed by atoms with E-state index in [1.54, 1.807) is 42.5 Å². The summed E-state index contributed by atoms with van der Waals surface area (Å²) in [5, 5.41) is 8.96. The number of benzene rings is 2. The van der Waals surface area contributed by atoms with Gasteiger partial charge in [0.15, 0.2) is 11.5 Å². The van der Waals surface area contributed by atoms with Crippen molar-refractivity contribution in [3.8, 4) is 17.2 Å². The van der Waals surface area contributed by atoms with E-state index in [9.17, 15) is 19.2 Å². The van der Waals surface area contributed by atoms with Crippen LogP contribution < -0.4 is 19.1 Å². The Labute approximate surface area is 215 Å². The minimum atomic E-state index is -1.30. The molecule has 1 heterocycles. The number of carbonyl (C=O) groups is 4. The van der Waals surface area contributed by atoms with Crippen molar-refractivity contribution < 1.29 is 38.5 Å². The summed E-state index contributed by atoms with van der Waals surface area (Å²) in [6, 6.07) is 10.8. The molecule has 3 amide bonds. The first kappa shape index (κ1) is 27.3. The molecule has 1 aliphatic heterocycles. The van der Waals surface area contributed by atoms with Crippen LogP contribution in [0.2, 0.25) is 0 Å². The number of carboxylic acid groups (broad SMARTS) is 1. The lowest BCUT2D eigenvalue weighted by atomic mass is 10.1. The fraction of sp³-hybridized carbons (Fsp3) is 0.333. The zero-order valence-electron chi connectivity index (χ0n) is 21.0. The predicted molar refractivity (Wildman–Crippen MR) is 135 cm³/mol. The quantitative estimate of drug-likeness (QED) is 0.342. The lowest BCUT2D eigenvalue weighted by Gasteiger charge is -2.27. The minimum Gasteiger partial charge on any atom is -0.494 e. The highest BCUT2D eigenvalue weighted by Gasteiger charge is 2.44. The number of imide groups is 1. The van der Waals surface area contributed by atoms with Gasteiger partial charge in [0, 0.05) is 18.7 Å². The van der Waals surface area contributed by atoms with E-state index < -0.39 is 29.7 Å². The third-order valence-electron chi connectivity index (χ3n) is 5.81. The number of aliphatic carboxylic acids is 1. The topological polar surface area (TPSA) is 123 Å². The van der Waals surface area contributed by atoms with Gasteiger partial charge in [0.25, 0.3) is 5.91 Å². The molecule has 0 aliphatic carbocycles. The van der Waals surface area contributed by atoms with Crippen LogP contribution in [0.3, 0.4) is 0 Å². The van der Waals surface area contributed by atoms with E-state index >= 15 is 0 Å². The van der Waals surface area contributed by atoms with Crippen LogP contribution in [0.4, 0.5) is 5.69 Å². The number of rotatable bonds is 12. The van der Waals surface area contributed by atoms with Crippen molar-refractivity contribution in [1.82, 2.24) is 4.90 Å². The molecule has 2 aromatic rings.